The van der Waals surface area contributed by atoms with Crippen LogP contribution in [0.2, 0.25) is 0 Å². The second-order valence-corrected chi connectivity index (χ2v) is 9.76. The normalized spacial score (nSPS) is 10.7. The maximum Gasteiger partial charge on any atom is 0.206 e. The van der Waals surface area contributed by atoms with Crippen LogP contribution >= 0.6 is 0 Å². The maximum absolute atomic E-state index is 13.9. The highest BCUT2D eigenvalue weighted by atomic mass is 32.2. The number of rotatable bonds is 16. The highest BCUT2D eigenvalue weighted by Crippen LogP contribution is 2.35. The predicted octanol–water partition coefficient (Wildman–Crippen LogP) is 6.56. The van der Waals surface area contributed by atoms with Gasteiger partial charge in [0.15, 0.2) is 0 Å². The average molecular weight is 491 g/mol. The van der Waals surface area contributed by atoms with Crippen molar-refractivity contribution < 1.29 is 17.9 Å². The summed E-state index contributed by atoms with van der Waals surface area (Å²) in [5.74, 6) is 1.27. The van der Waals surface area contributed by atoms with E-state index < -0.39 is 9.84 Å². The Kier molecular flexibility index (Phi) is 10.6. The first-order valence-corrected chi connectivity index (χ1v) is 12.8. The van der Waals surface area contributed by atoms with Gasteiger partial charge in [-0.2, -0.15) is 0 Å². The van der Waals surface area contributed by atoms with Crippen molar-refractivity contribution in [2.45, 2.75) is 35.5 Å². The van der Waals surface area contributed by atoms with Crippen molar-refractivity contribution in [1.82, 2.24) is 0 Å². The molecule has 35 heavy (non-hydrogen) atoms. The third-order valence-corrected chi connectivity index (χ3v) is 6.91. The van der Waals surface area contributed by atoms with Crippen molar-refractivity contribution in [3.05, 3.63) is 122 Å². The topological polar surface area (TPSA) is 52.6 Å². The summed E-state index contributed by atoms with van der Waals surface area (Å²) in [5.41, 5.74) is 2.96. The second-order valence-electron chi connectivity index (χ2n) is 7.82. The zero-order valence-electron chi connectivity index (χ0n) is 20.3. The summed E-state index contributed by atoms with van der Waals surface area (Å²) in [4.78, 5) is 0.372. The first-order chi connectivity index (χ1) is 16.9. The van der Waals surface area contributed by atoms with E-state index >= 15 is 0 Å². The number of allylic oxidation sites excluding steroid dienone is 4. The Morgan fingerprint density at radius 1 is 0.543 bits per heavy atom. The maximum atomic E-state index is 13.9. The molecule has 0 saturated carbocycles. The SMILES string of the molecule is C=CCOc1c(CC=C)cc(S(=O)(=O)c2cc(CC=C)c(OCC=C)c(CC=C)c2)cc1CC=C. The van der Waals surface area contributed by atoms with Crippen molar-refractivity contribution in [3.8, 4) is 11.5 Å². The molecular formula is C30H34O4S. The van der Waals surface area contributed by atoms with Crippen molar-refractivity contribution >= 4 is 9.84 Å². The van der Waals surface area contributed by atoms with Crippen LogP contribution in [0.3, 0.4) is 0 Å². The fourth-order valence-electron chi connectivity index (χ4n) is 3.78. The summed E-state index contributed by atoms with van der Waals surface area (Å²) in [6.45, 7) is 23.3. The smallest absolute Gasteiger partial charge is 0.206 e. The molecule has 2 aromatic carbocycles. The molecule has 0 bridgehead atoms. The summed E-state index contributed by atoms with van der Waals surface area (Å²) in [5, 5.41) is 0. The minimum absolute atomic E-state index is 0.186. The Hall–Kier alpha value is -3.57. The van der Waals surface area contributed by atoms with E-state index in [9.17, 15) is 8.42 Å². The van der Waals surface area contributed by atoms with Crippen LogP contribution in [-0.2, 0) is 35.5 Å². The minimum Gasteiger partial charge on any atom is -0.489 e. The monoisotopic (exact) mass is 490 g/mol. The van der Waals surface area contributed by atoms with E-state index in [4.69, 9.17) is 9.47 Å². The van der Waals surface area contributed by atoms with Crippen molar-refractivity contribution in [1.29, 1.82) is 0 Å². The zero-order valence-corrected chi connectivity index (χ0v) is 21.1. The molecule has 0 aliphatic heterocycles. The fourth-order valence-corrected chi connectivity index (χ4v) is 5.24. The molecule has 0 atom stereocenters. The molecule has 0 aliphatic carbocycles. The highest BCUT2D eigenvalue weighted by molar-refractivity contribution is 7.91. The van der Waals surface area contributed by atoms with Crippen LogP contribution in [-0.4, -0.2) is 21.6 Å². The summed E-state index contributed by atoms with van der Waals surface area (Å²) in [7, 11) is -3.87. The quantitative estimate of drug-likeness (QED) is 0.250. The molecule has 5 heteroatoms. The predicted molar refractivity (Wildman–Crippen MR) is 145 cm³/mol. The van der Waals surface area contributed by atoms with Gasteiger partial charge < -0.3 is 9.47 Å². The Bertz CT molecular complexity index is 1070. The Labute approximate surface area is 210 Å². The van der Waals surface area contributed by atoms with Crippen LogP contribution < -0.4 is 9.47 Å². The third kappa shape index (κ3) is 6.74. The molecule has 0 saturated heterocycles. The Morgan fingerprint density at radius 3 is 1.06 bits per heavy atom. The molecule has 0 radical (unpaired) electrons. The molecule has 0 aromatic heterocycles. The van der Waals surface area contributed by atoms with Crippen LogP contribution in [0, 0.1) is 0 Å². The average Bonchev–Trinajstić information content (AvgIpc) is 2.83. The van der Waals surface area contributed by atoms with E-state index in [2.05, 4.69) is 39.5 Å². The molecule has 2 aromatic rings. The molecular weight excluding hydrogens is 456 g/mol. The van der Waals surface area contributed by atoms with Gasteiger partial charge in [0.25, 0.3) is 0 Å². The van der Waals surface area contributed by atoms with Crippen LogP contribution in [0.5, 0.6) is 11.5 Å². The van der Waals surface area contributed by atoms with E-state index in [-0.39, 0.29) is 9.79 Å². The lowest BCUT2D eigenvalue weighted by atomic mass is 10.0. The van der Waals surface area contributed by atoms with Gasteiger partial charge >= 0.3 is 0 Å². The molecule has 2 rings (SSSR count). The summed E-state index contributed by atoms with van der Waals surface area (Å²) in [6, 6.07) is 6.63. The number of ether oxygens (including phenoxy) is 2. The van der Waals surface area contributed by atoms with Gasteiger partial charge in [0.1, 0.15) is 24.7 Å². The number of hydrogen-bond donors (Lipinski definition) is 0. The van der Waals surface area contributed by atoms with Gasteiger partial charge in [-0.05, 0) is 72.2 Å². The van der Waals surface area contributed by atoms with Crippen LogP contribution in [0.15, 0.2) is 110 Å². The third-order valence-electron chi connectivity index (χ3n) is 5.20. The molecule has 184 valence electrons. The van der Waals surface area contributed by atoms with Gasteiger partial charge in [-0.25, -0.2) is 8.42 Å². The minimum atomic E-state index is -3.87. The largest absolute Gasteiger partial charge is 0.489 e. The molecule has 0 amide bonds. The summed E-state index contributed by atoms with van der Waals surface area (Å²) < 4.78 is 39.6. The van der Waals surface area contributed by atoms with Crippen LogP contribution in [0.25, 0.3) is 0 Å². The molecule has 0 aliphatic rings. The Balaban J connectivity index is 2.77. The summed E-state index contributed by atoms with van der Waals surface area (Å²) >= 11 is 0. The number of hydrogen-bond acceptors (Lipinski definition) is 4. The molecule has 0 heterocycles. The lowest BCUT2D eigenvalue weighted by Gasteiger charge is -2.18. The standard InChI is InChI=1S/C30H34O4S/c1-7-13-23-19-27(20-24(14-8-2)29(23)33-17-11-5)35(31,32)28-21-25(15-9-3)30(34-18-12-6)26(22-28)16-10-4/h7-12,19-22H,1-6,13-18H2. The molecule has 4 nitrogen and oxygen atoms in total. The molecule has 0 fully saturated rings. The number of sulfone groups is 1. The van der Waals surface area contributed by atoms with Gasteiger partial charge in [-0.3, -0.25) is 0 Å². The van der Waals surface area contributed by atoms with Crippen molar-refractivity contribution in [3.63, 3.8) is 0 Å². The first kappa shape index (κ1) is 27.7. The van der Waals surface area contributed by atoms with E-state index in [1.165, 1.54) is 0 Å². The van der Waals surface area contributed by atoms with Crippen molar-refractivity contribution in [2.24, 2.45) is 0 Å². The van der Waals surface area contributed by atoms with Crippen LogP contribution in [0.1, 0.15) is 22.3 Å². The van der Waals surface area contributed by atoms with Gasteiger partial charge in [0.05, 0.1) is 9.79 Å². The summed E-state index contributed by atoms with van der Waals surface area (Å²) in [6.07, 6.45) is 12.0. The van der Waals surface area contributed by atoms with E-state index in [0.29, 0.717) is 50.4 Å². The van der Waals surface area contributed by atoms with Gasteiger partial charge in [-0.15, -0.1) is 26.3 Å². The van der Waals surface area contributed by atoms with E-state index in [1.807, 2.05) is 0 Å². The number of benzene rings is 2. The lowest BCUT2D eigenvalue weighted by Crippen LogP contribution is -2.09. The highest BCUT2D eigenvalue weighted by Gasteiger charge is 2.24. The van der Waals surface area contributed by atoms with E-state index in [0.717, 1.165) is 22.3 Å². The van der Waals surface area contributed by atoms with Crippen LogP contribution in [0.4, 0.5) is 0 Å². The lowest BCUT2D eigenvalue weighted by molar-refractivity contribution is 0.356. The molecule has 0 spiro atoms. The Morgan fingerprint density at radius 2 is 0.829 bits per heavy atom. The van der Waals surface area contributed by atoms with Gasteiger partial charge in [0, 0.05) is 0 Å². The molecule has 0 N–H and O–H groups in total. The van der Waals surface area contributed by atoms with E-state index in [1.54, 1.807) is 60.7 Å². The first-order valence-electron chi connectivity index (χ1n) is 11.3. The molecule has 0 unspecified atom stereocenters. The van der Waals surface area contributed by atoms with Gasteiger partial charge in [0.2, 0.25) is 9.84 Å². The second kappa shape index (κ2) is 13.4. The van der Waals surface area contributed by atoms with Crippen molar-refractivity contribution in [2.75, 3.05) is 13.2 Å². The zero-order chi connectivity index (χ0) is 25.8. The van der Waals surface area contributed by atoms with Gasteiger partial charge in [-0.1, -0.05) is 49.6 Å². The fraction of sp³-hybridized carbons (Fsp3) is 0.200.